The normalized spacial score (nSPS) is 22.4. The molecule has 0 spiro atoms. The summed E-state index contributed by atoms with van der Waals surface area (Å²) in [5.41, 5.74) is 0.885. The zero-order valence-corrected chi connectivity index (χ0v) is 12.0. The van der Waals surface area contributed by atoms with Gasteiger partial charge in [0, 0.05) is 6.54 Å². The third kappa shape index (κ3) is 2.90. The van der Waals surface area contributed by atoms with Gasteiger partial charge >= 0.3 is 5.97 Å². The van der Waals surface area contributed by atoms with Crippen LogP contribution in [-0.2, 0) is 16.1 Å². The second kappa shape index (κ2) is 6.09. The third-order valence-corrected chi connectivity index (χ3v) is 3.99. The number of carboxylic acids is 1. The molecular formula is C16H17NO5. The van der Waals surface area contributed by atoms with E-state index in [0.29, 0.717) is 30.9 Å². The number of aliphatic carboxylic acids is 1. The summed E-state index contributed by atoms with van der Waals surface area (Å²) >= 11 is 0. The van der Waals surface area contributed by atoms with E-state index in [-0.39, 0.29) is 12.7 Å². The Labute approximate surface area is 127 Å². The minimum absolute atomic E-state index is 0.208. The number of nitrogens with one attached hydrogen (secondary N) is 1. The SMILES string of the molecule is O=C(O)C1CC=CCC1C(=O)NCc1ccc2c(c1)OCO2. The molecule has 1 heterocycles. The molecule has 116 valence electrons. The Hall–Kier alpha value is -2.50. The molecule has 6 nitrogen and oxygen atoms in total. The predicted molar refractivity (Wildman–Crippen MR) is 77.4 cm³/mol. The van der Waals surface area contributed by atoms with Crippen LogP contribution >= 0.6 is 0 Å². The van der Waals surface area contributed by atoms with E-state index in [2.05, 4.69) is 5.32 Å². The van der Waals surface area contributed by atoms with Crippen molar-refractivity contribution in [1.29, 1.82) is 0 Å². The predicted octanol–water partition coefficient (Wildman–Crippen LogP) is 1.70. The van der Waals surface area contributed by atoms with Gasteiger partial charge in [0.15, 0.2) is 11.5 Å². The van der Waals surface area contributed by atoms with Crippen LogP contribution in [-0.4, -0.2) is 23.8 Å². The van der Waals surface area contributed by atoms with E-state index < -0.39 is 17.8 Å². The molecule has 6 heteroatoms. The molecule has 0 saturated carbocycles. The van der Waals surface area contributed by atoms with Crippen molar-refractivity contribution < 1.29 is 24.2 Å². The van der Waals surface area contributed by atoms with Gasteiger partial charge in [-0.05, 0) is 30.5 Å². The molecule has 1 amide bonds. The van der Waals surface area contributed by atoms with Gasteiger partial charge < -0.3 is 19.9 Å². The van der Waals surface area contributed by atoms with Gasteiger partial charge in [-0.3, -0.25) is 9.59 Å². The van der Waals surface area contributed by atoms with E-state index in [1.165, 1.54) is 0 Å². The molecule has 0 bridgehead atoms. The summed E-state index contributed by atoms with van der Waals surface area (Å²) in [6.07, 6.45) is 4.55. The smallest absolute Gasteiger partial charge is 0.307 e. The second-order valence-electron chi connectivity index (χ2n) is 5.40. The Kier molecular flexibility index (Phi) is 4.00. The highest BCUT2D eigenvalue weighted by molar-refractivity contribution is 5.85. The number of rotatable bonds is 4. The number of amides is 1. The maximum Gasteiger partial charge on any atom is 0.307 e. The Morgan fingerprint density at radius 2 is 1.86 bits per heavy atom. The first-order valence-corrected chi connectivity index (χ1v) is 7.19. The summed E-state index contributed by atoms with van der Waals surface area (Å²) in [5.74, 6) is -0.963. The van der Waals surface area contributed by atoms with Crippen molar-refractivity contribution in [3.8, 4) is 11.5 Å². The van der Waals surface area contributed by atoms with Crippen LogP contribution in [0.5, 0.6) is 11.5 Å². The van der Waals surface area contributed by atoms with Crippen molar-refractivity contribution in [2.45, 2.75) is 19.4 Å². The zero-order valence-electron chi connectivity index (χ0n) is 12.0. The molecule has 0 saturated heterocycles. The molecule has 0 aromatic heterocycles. The molecule has 1 aliphatic heterocycles. The first kappa shape index (κ1) is 14.4. The molecule has 0 radical (unpaired) electrons. The highest BCUT2D eigenvalue weighted by Crippen LogP contribution is 2.32. The van der Waals surface area contributed by atoms with Gasteiger partial charge in [-0.2, -0.15) is 0 Å². The lowest BCUT2D eigenvalue weighted by atomic mass is 9.82. The van der Waals surface area contributed by atoms with Crippen LogP contribution < -0.4 is 14.8 Å². The average molecular weight is 303 g/mol. The summed E-state index contributed by atoms with van der Waals surface area (Å²) in [6, 6.07) is 5.47. The third-order valence-electron chi connectivity index (χ3n) is 3.99. The highest BCUT2D eigenvalue weighted by Gasteiger charge is 2.33. The molecule has 2 unspecified atom stereocenters. The lowest BCUT2D eigenvalue weighted by Gasteiger charge is -2.24. The minimum Gasteiger partial charge on any atom is -0.481 e. The topological polar surface area (TPSA) is 84.9 Å². The zero-order chi connectivity index (χ0) is 15.5. The molecule has 2 atom stereocenters. The first-order valence-electron chi connectivity index (χ1n) is 7.19. The van der Waals surface area contributed by atoms with Crippen LogP contribution in [0.2, 0.25) is 0 Å². The summed E-state index contributed by atoms with van der Waals surface area (Å²) in [5, 5.41) is 12.0. The quantitative estimate of drug-likeness (QED) is 0.827. The van der Waals surface area contributed by atoms with E-state index in [4.69, 9.17) is 9.47 Å². The summed E-state index contributed by atoms with van der Waals surface area (Å²) in [7, 11) is 0. The van der Waals surface area contributed by atoms with Gasteiger partial charge in [-0.15, -0.1) is 0 Å². The molecule has 1 aliphatic carbocycles. The molecule has 2 aliphatic rings. The Morgan fingerprint density at radius 1 is 1.14 bits per heavy atom. The minimum atomic E-state index is -0.924. The van der Waals surface area contributed by atoms with E-state index in [9.17, 15) is 14.7 Å². The van der Waals surface area contributed by atoms with Crippen molar-refractivity contribution in [3.63, 3.8) is 0 Å². The Balaban J connectivity index is 1.62. The number of carbonyl (C=O) groups is 2. The molecule has 1 aromatic carbocycles. The van der Waals surface area contributed by atoms with E-state index in [1.54, 1.807) is 6.07 Å². The van der Waals surface area contributed by atoms with Gasteiger partial charge in [0.25, 0.3) is 0 Å². The van der Waals surface area contributed by atoms with Crippen molar-refractivity contribution >= 4 is 11.9 Å². The van der Waals surface area contributed by atoms with Gasteiger partial charge in [0.1, 0.15) is 0 Å². The number of benzene rings is 1. The summed E-state index contributed by atoms with van der Waals surface area (Å²) in [6.45, 7) is 0.544. The van der Waals surface area contributed by atoms with Crippen LogP contribution in [0.25, 0.3) is 0 Å². The van der Waals surface area contributed by atoms with E-state index in [1.807, 2.05) is 24.3 Å². The number of allylic oxidation sites excluding steroid dienone is 2. The second-order valence-corrected chi connectivity index (χ2v) is 5.40. The molecule has 1 aromatic rings. The molecule has 3 rings (SSSR count). The van der Waals surface area contributed by atoms with E-state index in [0.717, 1.165) is 5.56 Å². The summed E-state index contributed by atoms with van der Waals surface area (Å²) < 4.78 is 10.5. The monoisotopic (exact) mass is 303 g/mol. The number of hydrogen-bond acceptors (Lipinski definition) is 4. The Bertz CT molecular complexity index is 625. The maximum atomic E-state index is 12.3. The van der Waals surface area contributed by atoms with Crippen molar-refractivity contribution in [3.05, 3.63) is 35.9 Å². The lowest BCUT2D eigenvalue weighted by Crippen LogP contribution is -2.38. The fourth-order valence-corrected chi connectivity index (χ4v) is 2.75. The average Bonchev–Trinajstić information content (AvgIpc) is 3.00. The van der Waals surface area contributed by atoms with Crippen molar-refractivity contribution in [2.24, 2.45) is 11.8 Å². The fourth-order valence-electron chi connectivity index (χ4n) is 2.75. The lowest BCUT2D eigenvalue weighted by molar-refractivity contribution is -0.147. The Morgan fingerprint density at radius 3 is 2.64 bits per heavy atom. The molecular weight excluding hydrogens is 286 g/mol. The number of ether oxygens (including phenoxy) is 2. The maximum absolute atomic E-state index is 12.3. The standard InChI is InChI=1S/C16H17NO5/c18-15(11-3-1-2-4-12(11)16(19)20)17-8-10-5-6-13-14(7-10)22-9-21-13/h1-2,5-7,11-12H,3-4,8-9H2,(H,17,18)(H,19,20). The van der Waals surface area contributed by atoms with Crippen LogP contribution in [0.3, 0.4) is 0 Å². The summed E-state index contributed by atoms with van der Waals surface area (Å²) in [4.78, 5) is 23.5. The number of fused-ring (bicyclic) bond motifs is 1. The molecule has 0 fully saturated rings. The number of carboxylic acid groups (broad SMARTS) is 1. The van der Waals surface area contributed by atoms with Crippen LogP contribution in [0.15, 0.2) is 30.4 Å². The largest absolute Gasteiger partial charge is 0.481 e. The van der Waals surface area contributed by atoms with Crippen LogP contribution in [0.4, 0.5) is 0 Å². The molecule has 22 heavy (non-hydrogen) atoms. The highest BCUT2D eigenvalue weighted by atomic mass is 16.7. The van der Waals surface area contributed by atoms with Crippen molar-refractivity contribution in [1.82, 2.24) is 5.32 Å². The first-order chi connectivity index (χ1) is 10.6. The van der Waals surface area contributed by atoms with Gasteiger partial charge in [0.2, 0.25) is 12.7 Å². The number of hydrogen-bond donors (Lipinski definition) is 2. The van der Waals surface area contributed by atoms with Crippen LogP contribution in [0.1, 0.15) is 18.4 Å². The van der Waals surface area contributed by atoms with Crippen molar-refractivity contribution in [2.75, 3.05) is 6.79 Å². The number of carbonyl (C=O) groups excluding carboxylic acids is 1. The van der Waals surface area contributed by atoms with Gasteiger partial charge in [-0.25, -0.2) is 0 Å². The van der Waals surface area contributed by atoms with Gasteiger partial charge in [0.05, 0.1) is 11.8 Å². The van der Waals surface area contributed by atoms with Crippen LogP contribution in [0, 0.1) is 11.8 Å². The fraction of sp³-hybridized carbons (Fsp3) is 0.375. The molecule has 2 N–H and O–H groups in total. The van der Waals surface area contributed by atoms with E-state index >= 15 is 0 Å². The van der Waals surface area contributed by atoms with Gasteiger partial charge in [-0.1, -0.05) is 18.2 Å².